The molecule has 7 heteroatoms. The SMILES string of the molecule is Cc1nnc(CNC(=O)[C@H]2CC(=O)N(C3CCCC3)C2)o1. The van der Waals surface area contributed by atoms with Crippen LogP contribution in [0, 0.1) is 12.8 Å². The second kappa shape index (κ2) is 5.83. The highest BCUT2D eigenvalue weighted by Gasteiger charge is 2.38. The Kier molecular flexibility index (Phi) is 3.90. The Balaban J connectivity index is 1.52. The van der Waals surface area contributed by atoms with Gasteiger partial charge in [0.25, 0.3) is 0 Å². The fraction of sp³-hybridized carbons (Fsp3) is 0.714. The van der Waals surface area contributed by atoms with Gasteiger partial charge >= 0.3 is 0 Å². The van der Waals surface area contributed by atoms with Gasteiger partial charge in [0.05, 0.1) is 12.5 Å². The lowest BCUT2D eigenvalue weighted by Crippen LogP contribution is -2.36. The van der Waals surface area contributed by atoms with Crippen molar-refractivity contribution in [3.05, 3.63) is 11.8 Å². The minimum absolute atomic E-state index is 0.107. The Labute approximate surface area is 123 Å². The zero-order chi connectivity index (χ0) is 14.8. The van der Waals surface area contributed by atoms with E-state index in [1.54, 1.807) is 6.92 Å². The van der Waals surface area contributed by atoms with Gasteiger partial charge in [-0.05, 0) is 12.8 Å². The Morgan fingerprint density at radius 3 is 2.81 bits per heavy atom. The maximum Gasteiger partial charge on any atom is 0.235 e. The molecule has 1 aliphatic heterocycles. The van der Waals surface area contributed by atoms with E-state index in [-0.39, 0.29) is 24.3 Å². The van der Waals surface area contributed by atoms with E-state index in [0.717, 1.165) is 12.8 Å². The van der Waals surface area contributed by atoms with Crippen molar-refractivity contribution in [1.29, 1.82) is 0 Å². The molecule has 21 heavy (non-hydrogen) atoms. The van der Waals surface area contributed by atoms with E-state index in [4.69, 9.17) is 4.42 Å². The summed E-state index contributed by atoms with van der Waals surface area (Å²) < 4.78 is 5.21. The molecule has 114 valence electrons. The number of aryl methyl sites for hydroxylation is 1. The molecule has 2 amide bonds. The van der Waals surface area contributed by atoms with E-state index in [9.17, 15) is 9.59 Å². The third-order valence-electron chi connectivity index (χ3n) is 4.28. The molecule has 0 bridgehead atoms. The van der Waals surface area contributed by atoms with Crippen molar-refractivity contribution in [1.82, 2.24) is 20.4 Å². The number of carbonyl (C=O) groups excluding carboxylic acids is 2. The van der Waals surface area contributed by atoms with Crippen LogP contribution in [-0.2, 0) is 16.1 Å². The number of likely N-dealkylation sites (tertiary alicyclic amines) is 1. The highest BCUT2D eigenvalue weighted by Crippen LogP contribution is 2.29. The van der Waals surface area contributed by atoms with E-state index >= 15 is 0 Å². The van der Waals surface area contributed by atoms with Gasteiger partial charge in [0, 0.05) is 25.9 Å². The predicted molar refractivity (Wildman–Crippen MR) is 73.0 cm³/mol. The molecule has 0 unspecified atom stereocenters. The lowest BCUT2D eigenvalue weighted by molar-refractivity contribution is -0.130. The smallest absolute Gasteiger partial charge is 0.235 e. The van der Waals surface area contributed by atoms with Crippen molar-refractivity contribution in [2.24, 2.45) is 5.92 Å². The van der Waals surface area contributed by atoms with E-state index in [2.05, 4.69) is 15.5 Å². The van der Waals surface area contributed by atoms with Gasteiger partial charge in [-0.3, -0.25) is 9.59 Å². The highest BCUT2D eigenvalue weighted by atomic mass is 16.4. The Bertz CT molecular complexity index is 536. The third-order valence-corrected chi connectivity index (χ3v) is 4.28. The largest absolute Gasteiger partial charge is 0.424 e. The van der Waals surface area contributed by atoms with Crippen molar-refractivity contribution < 1.29 is 14.0 Å². The number of amides is 2. The molecular weight excluding hydrogens is 272 g/mol. The van der Waals surface area contributed by atoms with Gasteiger partial charge < -0.3 is 14.6 Å². The first kappa shape index (κ1) is 14.0. The fourth-order valence-corrected chi connectivity index (χ4v) is 3.19. The number of hydrogen-bond donors (Lipinski definition) is 1. The predicted octanol–water partition coefficient (Wildman–Crippen LogP) is 0.785. The molecule has 3 rings (SSSR count). The van der Waals surface area contributed by atoms with E-state index < -0.39 is 0 Å². The molecule has 2 aliphatic rings. The zero-order valence-electron chi connectivity index (χ0n) is 12.2. The van der Waals surface area contributed by atoms with Crippen LogP contribution < -0.4 is 5.32 Å². The van der Waals surface area contributed by atoms with Crippen LogP contribution >= 0.6 is 0 Å². The molecule has 1 aromatic rings. The van der Waals surface area contributed by atoms with Crippen molar-refractivity contribution in [3.63, 3.8) is 0 Å². The summed E-state index contributed by atoms with van der Waals surface area (Å²) in [4.78, 5) is 26.1. The van der Waals surface area contributed by atoms with Gasteiger partial charge in [-0.1, -0.05) is 12.8 Å². The highest BCUT2D eigenvalue weighted by molar-refractivity contribution is 5.89. The summed E-state index contributed by atoms with van der Waals surface area (Å²) in [6.07, 6.45) is 4.82. The summed E-state index contributed by atoms with van der Waals surface area (Å²) in [6.45, 7) is 2.46. The third kappa shape index (κ3) is 3.06. The summed E-state index contributed by atoms with van der Waals surface area (Å²) in [5, 5.41) is 10.3. The second-order valence-corrected chi connectivity index (χ2v) is 5.82. The van der Waals surface area contributed by atoms with E-state index in [1.807, 2.05) is 4.90 Å². The quantitative estimate of drug-likeness (QED) is 0.886. The van der Waals surface area contributed by atoms with Gasteiger partial charge in [-0.2, -0.15) is 0 Å². The standard InChI is InChI=1S/C14H20N4O3/c1-9-16-17-12(21-9)7-15-14(20)10-6-13(19)18(8-10)11-4-2-3-5-11/h10-11H,2-8H2,1H3,(H,15,20)/t10-/m0/s1. The first-order valence-corrected chi connectivity index (χ1v) is 7.49. The van der Waals surface area contributed by atoms with Gasteiger partial charge in [-0.15, -0.1) is 10.2 Å². The van der Waals surface area contributed by atoms with Crippen LogP contribution in [0.3, 0.4) is 0 Å². The molecule has 0 radical (unpaired) electrons. The molecule has 2 heterocycles. The van der Waals surface area contributed by atoms with E-state index in [1.165, 1.54) is 12.8 Å². The first-order valence-electron chi connectivity index (χ1n) is 7.49. The minimum Gasteiger partial charge on any atom is -0.424 e. The topological polar surface area (TPSA) is 88.3 Å². The molecule has 0 aromatic carbocycles. The van der Waals surface area contributed by atoms with Crippen LogP contribution in [0.5, 0.6) is 0 Å². The number of hydrogen-bond acceptors (Lipinski definition) is 5. The molecule has 0 spiro atoms. The van der Waals surface area contributed by atoms with Crippen LogP contribution in [0.2, 0.25) is 0 Å². The molecule has 1 atom stereocenters. The molecule has 1 aromatic heterocycles. The van der Waals surface area contributed by atoms with E-state index in [0.29, 0.717) is 30.8 Å². The number of nitrogens with one attached hydrogen (secondary N) is 1. The van der Waals surface area contributed by atoms with Crippen LogP contribution in [-0.4, -0.2) is 39.5 Å². The molecule has 7 nitrogen and oxygen atoms in total. The average Bonchev–Trinajstić information content (AvgIpc) is 3.16. The molecule has 1 saturated heterocycles. The summed E-state index contributed by atoms with van der Waals surface area (Å²) in [5.74, 6) is 0.595. The number of nitrogens with zero attached hydrogens (tertiary/aromatic N) is 3. The van der Waals surface area contributed by atoms with Crippen LogP contribution in [0.1, 0.15) is 43.9 Å². The molecule has 1 saturated carbocycles. The summed E-state index contributed by atoms with van der Waals surface area (Å²) in [6, 6.07) is 0.342. The van der Waals surface area contributed by atoms with Crippen molar-refractivity contribution >= 4 is 11.8 Å². The minimum atomic E-state index is -0.262. The summed E-state index contributed by atoms with van der Waals surface area (Å²) >= 11 is 0. The zero-order valence-corrected chi connectivity index (χ0v) is 12.2. The van der Waals surface area contributed by atoms with Gasteiger partial charge in [0.15, 0.2) is 0 Å². The maximum atomic E-state index is 12.2. The Morgan fingerprint density at radius 2 is 2.14 bits per heavy atom. The lowest BCUT2D eigenvalue weighted by Gasteiger charge is -2.23. The van der Waals surface area contributed by atoms with Crippen LogP contribution in [0.4, 0.5) is 0 Å². The van der Waals surface area contributed by atoms with Gasteiger partial charge in [0.1, 0.15) is 0 Å². The van der Waals surface area contributed by atoms with Crippen LogP contribution in [0.25, 0.3) is 0 Å². The lowest BCUT2D eigenvalue weighted by atomic mass is 10.1. The van der Waals surface area contributed by atoms with Gasteiger partial charge in [-0.25, -0.2) is 0 Å². The van der Waals surface area contributed by atoms with Crippen molar-refractivity contribution in [3.8, 4) is 0 Å². The number of carbonyl (C=O) groups is 2. The fourth-order valence-electron chi connectivity index (χ4n) is 3.19. The normalized spacial score (nSPS) is 23.0. The molecule has 1 aliphatic carbocycles. The van der Waals surface area contributed by atoms with Gasteiger partial charge in [0.2, 0.25) is 23.6 Å². The first-order chi connectivity index (χ1) is 10.1. The Hall–Kier alpha value is -1.92. The summed E-state index contributed by atoms with van der Waals surface area (Å²) in [5.41, 5.74) is 0. The van der Waals surface area contributed by atoms with Crippen LogP contribution in [0.15, 0.2) is 4.42 Å². The molecular formula is C14H20N4O3. The number of aromatic nitrogens is 2. The van der Waals surface area contributed by atoms with Crippen molar-refractivity contribution in [2.75, 3.05) is 6.54 Å². The summed E-state index contributed by atoms with van der Waals surface area (Å²) in [7, 11) is 0. The number of rotatable bonds is 4. The molecule has 2 fully saturated rings. The molecule has 1 N–H and O–H groups in total. The Morgan fingerprint density at radius 1 is 1.38 bits per heavy atom. The van der Waals surface area contributed by atoms with Crippen molar-refractivity contribution in [2.45, 2.75) is 51.6 Å². The second-order valence-electron chi connectivity index (χ2n) is 5.82. The maximum absolute atomic E-state index is 12.2. The average molecular weight is 292 g/mol. The monoisotopic (exact) mass is 292 g/mol.